The predicted octanol–water partition coefficient (Wildman–Crippen LogP) is 3.46. The molecule has 0 atom stereocenters. The van der Waals surface area contributed by atoms with Gasteiger partial charge in [0.15, 0.2) is 0 Å². The molecule has 0 aromatic heterocycles. The number of carbonyl (C=O) groups excluding carboxylic acids is 2. The van der Waals surface area contributed by atoms with Crippen LogP contribution in [0.5, 0.6) is 0 Å². The van der Waals surface area contributed by atoms with Gasteiger partial charge >= 0.3 is 12.5 Å². The van der Waals surface area contributed by atoms with Gasteiger partial charge in [-0.25, -0.2) is 4.79 Å². The van der Waals surface area contributed by atoms with Crippen LogP contribution in [0.2, 0.25) is 0 Å². The van der Waals surface area contributed by atoms with Crippen molar-refractivity contribution < 1.29 is 14.4 Å². The van der Waals surface area contributed by atoms with Crippen LogP contribution >= 0.6 is 0 Å². The van der Waals surface area contributed by atoms with Crippen LogP contribution in [0.25, 0.3) is 0 Å². The maximum Gasteiger partial charge on any atom is 0.348 e. The first-order chi connectivity index (χ1) is 11.5. The predicted molar refractivity (Wildman–Crippen MR) is 92.0 cm³/mol. The first kappa shape index (κ1) is 17.5. The Balaban J connectivity index is 2.38. The summed E-state index contributed by atoms with van der Waals surface area (Å²) >= 11 is 0. The van der Waals surface area contributed by atoms with Crippen LogP contribution < -0.4 is 5.73 Å². The van der Waals surface area contributed by atoms with Gasteiger partial charge < -0.3 is 10.6 Å². The Morgan fingerprint density at radius 2 is 1.54 bits per heavy atom. The molecule has 2 aromatic carbocycles. The number of carbonyl (C=O) groups is 2. The number of hydroxylamine groups is 2. The van der Waals surface area contributed by atoms with E-state index in [2.05, 4.69) is 0 Å². The Bertz CT molecular complexity index is 632. The summed E-state index contributed by atoms with van der Waals surface area (Å²) in [6.45, 7) is 3.85. The second-order valence-electron chi connectivity index (χ2n) is 6.22. The highest BCUT2D eigenvalue weighted by atomic mass is 16.7. The summed E-state index contributed by atoms with van der Waals surface area (Å²) in [7, 11) is 0. The molecule has 0 aliphatic heterocycles. The van der Waals surface area contributed by atoms with Crippen LogP contribution in [0.15, 0.2) is 60.7 Å². The second kappa shape index (κ2) is 7.64. The van der Waals surface area contributed by atoms with Gasteiger partial charge in [-0.15, -0.1) is 5.06 Å². The SMILES string of the molecule is CC(C)(CC(c1ccccc1)c1ccccc1)N(OC=O)C(N)=O. The van der Waals surface area contributed by atoms with Gasteiger partial charge in [-0.1, -0.05) is 60.7 Å². The van der Waals surface area contributed by atoms with E-state index in [0.29, 0.717) is 6.42 Å². The van der Waals surface area contributed by atoms with Gasteiger partial charge in [0.25, 0.3) is 0 Å². The molecule has 0 saturated carbocycles. The third kappa shape index (κ3) is 4.13. The van der Waals surface area contributed by atoms with E-state index in [0.717, 1.165) is 16.2 Å². The fraction of sp³-hybridized carbons (Fsp3) is 0.263. The molecular formula is C19H22N2O3. The number of benzene rings is 2. The number of nitrogens with two attached hydrogens (primary N) is 1. The Morgan fingerprint density at radius 1 is 1.08 bits per heavy atom. The molecule has 126 valence electrons. The normalized spacial score (nSPS) is 11.1. The van der Waals surface area contributed by atoms with Gasteiger partial charge in [0.1, 0.15) is 0 Å². The summed E-state index contributed by atoms with van der Waals surface area (Å²) in [5.41, 5.74) is 6.83. The lowest BCUT2D eigenvalue weighted by atomic mass is 9.81. The maximum absolute atomic E-state index is 11.7. The summed E-state index contributed by atoms with van der Waals surface area (Å²) in [4.78, 5) is 27.2. The van der Waals surface area contributed by atoms with Crippen molar-refractivity contribution in [2.75, 3.05) is 0 Å². The van der Waals surface area contributed by atoms with E-state index in [-0.39, 0.29) is 12.4 Å². The molecule has 0 radical (unpaired) electrons. The standard InChI is InChI=1S/C19H22N2O3/c1-19(2,21(18(20)23)24-14-22)13-17(15-9-5-3-6-10-15)16-11-7-4-8-12-16/h3-12,14,17H,13H2,1-2H3,(H2,20,23). The van der Waals surface area contributed by atoms with E-state index in [4.69, 9.17) is 10.6 Å². The highest BCUT2D eigenvalue weighted by molar-refractivity contribution is 5.72. The Labute approximate surface area is 142 Å². The number of primary amides is 1. The average molecular weight is 326 g/mol. The lowest BCUT2D eigenvalue weighted by Crippen LogP contribution is -2.50. The molecule has 24 heavy (non-hydrogen) atoms. The fourth-order valence-electron chi connectivity index (χ4n) is 2.92. The van der Waals surface area contributed by atoms with Crippen molar-refractivity contribution in [1.29, 1.82) is 0 Å². The molecule has 2 aromatic rings. The molecule has 5 heteroatoms. The highest BCUT2D eigenvalue weighted by Crippen LogP contribution is 2.35. The van der Waals surface area contributed by atoms with Crippen molar-refractivity contribution in [2.45, 2.75) is 31.7 Å². The maximum atomic E-state index is 11.7. The third-order valence-electron chi connectivity index (χ3n) is 4.01. The first-order valence-corrected chi connectivity index (χ1v) is 7.75. The zero-order valence-corrected chi connectivity index (χ0v) is 13.9. The lowest BCUT2D eigenvalue weighted by Gasteiger charge is -2.37. The lowest BCUT2D eigenvalue weighted by molar-refractivity contribution is -0.179. The van der Waals surface area contributed by atoms with Gasteiger partial charge in [0.05, 0.1) is 5.54 Å². The summed E-state index contributed by atoms with van der Waals surface area (Å²) in [5, 5.41) is 0.929. The summed E-state index contributed by atoms with van der Waals surface area (Å²) in [6.07, 6.45) is 0.539. The number of urea groups is 1. The van der Waals surface area contributed by atoms with Gasteiger partial charge in [-0.2, -0.15) is 0 Å². The molecule has 0 aliphatic rings. The minimum absolute atomic E-state index is 0.0273. The van der Waals surface area contributed by atoms with E-state index < -0.39 is 11.6 Å². The summed E-state index contributed by atoms with van der Waals surface area (Å²) in [5.74, 6) is 0.0273. The van der Waals surface area contributed by atoms with E-state index >= 15 is 0 Å². The smallest absolute Gasteiger partial charge is 0.348 e. The molecule has 2 amide bonds. The Kier molecular flexibility index (Phi) is 5.58. The number of hydrogen-bond acceptors (Lipinski definition) is 3. The third-order valence-corrected chi connectivity index (χ3v) is 4.01. The minimum Gasteiger partial charge on any atom is -0.349 e. The van der Waals surface area contributed by atoms with Crippen LogP contribution in [0.1, 0.15) is 37.3 Å². The largest absolute Gasteiger partial charge is 0.349 e. The van der Waals surface area contributed by atoms with Crippen molar-refractivity contribution in [2.24, 2.45) is 5.73 Å². The second-order valence-corrected chi connectivity index (χ2v) is 6.22. The molecule has 0 fully saturated rings. The van der Waals surface area contributed by atoms with Crippen molar-refractivity contribution in [1.82, 2.24) is 5.06 Å². The van der Waals surface area contributed by atoms with Crippen molar-refractivity contribution in [3.05, 3.63) is 71.8 Å². The minimum atomic E-state index is -0.799. The first-order valence-electron chi connectivity index (χ1n) is 7.75. The number of amides is 2. The molecule has 0 aliphatic carbocycles. The Hall–Kier alpha value is -2.82. The highest BCUT2D eigenvalue weighted by Gasteiger charge is 2.35. The fourth-order valence-corrected chi connectivity index (χ4v) is 2.92. The molecule has 0 spiro atoms. The van der Waals surface area contributed by atoms with E-state index in [1.165, 1.54) is 0 Å². The zero-order chi connectivity index (χ0) is 17.6. The van der Waals surface area contributed by atoms with Crippen LogP contribution in [-0.4, -0.2) is 23.1 Å². The number of nitrogens with zero attached hydrogens (tertiary/aromatic N) is 1. The van der Waals surface area contributed by atoms with Gasteiger partial charge in [0, 0.05) is 5.92 Å². The molecule has 2 N–H and O–H groups in total. The Morgan fingerprint density at radius 3 is 1.92 bits per heavy atom. The molecule has 2 rings (SSSR count). The molecular weight excluding hydrogens is 304 g/mol. The average Bonchev–Trinajstić information content (AvgIpc) is 2.58. The van der Waals surface area contributed by atoms with Crippen LogP contribution in [0, 0.1) is 0 Å². The van der Waals surface area contributed by atoms with E-state index in [1.807, 2.05) is 74.5 Å². The zero-order valence-electron chi connectivity index (χ0n) is 13.9. The van der Waals surface area contributed by atoms with Gasteiger partial charge in [-0.05, 0) is 31.4 Å². The van der Waals surface area contributed by atoms with E-state index in [1.54, 1.807) is 0 Å². The van der Waals surface area contributed by atoms with Crippen molar-refractivity contribution >= 4 is 12.5 Å². The molecule has 0 saturated heterocycles. The quantitative estimate of drug-likeness (QED) is 0.625. The van der Waals surface area contributed by atoms with Crippen molar-refractivity contribution in [3.63, 3.8) is 0 Å². The van der Waals surface area contributed by atoms with Crippen molar-refractivity contribution in [3.8, 4) is 0 Å². The molecule has 0 unspecified atom stereocenters. The van der Waals surface area contributed by atoms with Crippen LogP contribution in [0.3, 0.4) is 0 Å². The topological polar surface area (TPSA) is 72.6 Å². The van der Waals surface area contributed by atoms with Crippen LogP contribution in [-0.2, 0) is 9.63 Å². The molecule has 0 heterocycles. The summed E-state index contributed by atoms with van der Waals surface area (Å²) < 4.78 is 0. The van der Waals surface area contributed by atoms with Gasteiger partial charge in [-0.3, -0.25) is 4.79 Å². The van der Waals surface area contributed by atoms with E-state index in [9.17, 15) is 9.59 Å². The monoisotopic (exact) mass is 326 g/mol. The number of hydrogen-bond donors (Lipinski definition) is 1. The molecule has 0 bridgehead atoms. The van der Waals surface area contributed by atoms with Gasteiger partial charge in [0.2, 0.25) is 0 Å². The van der Waals surface area contributed by atoms with Crippen LogP contribution in [0.4, 0.5) is 4.79 Å². The number of rotatable bonds is 7. The molecule has 5 nitrogen and oxygen atoms in total. The summed E-state index contributed by atoms with van der Waals surface area (Å²) in [6, 6.07) is 19.2.